The third-order valence-corrected chi connectivity index (χ3v) is 5.25. The average molecular weight is 370 g/mol. The van der Waals surface area contributed by atoms with Crippen LogP contribution < -0.4 is 14.2 Å². The van der Waals surface area contributed by atoms with Crippen molar-refractivity contribution in [3.63, 3.8) is 0 Å². The van der Waals surface area contributed by atoms with Crippen molar-refractivity contribution in [3.8, 4) is 5.75 Å². The quantitative estimate of drug-likeness (QED) is 0.811. The highest BCUT2D eigenvalue weighted by atomic mass is 32.2. The van der Waals surface area contributed by atoms with Crippen molar-refractivity contribution in [1.82, 2.24) is 0 Å². The molecule has 0 aliphatic rings. The average Bonchev–Trinajstić information content (AvgIpc) is 2.47. The molecule has 7 nitrogen and oxygen atoms in total. The van der Waals surface area contributed by atoms with Gasteiger partial charge in [-0.15, -0.1) is 0 Å². The van der Waals surface area contributed by atoms with Crippen molar-refractivity contribution in [2.45, 2.75) is 11.8 Å². The van der Waals surface area contributed by atoms with E-state index in [4.69, 9.17) is 4.74 Å². The highest BCUT2D eigenvalue weighted by Crippen LogP contribution is 2.27. The molecule has 0 spiro atoms. The summed E-state index contributed by atoms with van der Waals surface area (Å²) in [4.78, 5) is 0.0810. The molecule has 0 fully saturated rings. The van der Waals surface area contributed by atoms with Gasteiger partial charge in [-0.25, -0.2) is 16.8 Å². The lowest BCUT2D eigenvalue weighted by atomic mass is 10.2. The van der Waals surface area contributed by atoms with Crippen LogP contribution in [0.25, 0.3) is 0 Å². The van der Waals surface area contributed by atoms with E-state index >= 15 is 0 Å². The molecule has 0 aliphatic heterocycles. The number of aryl methyl sites for hydroxylation is 1. The zero-order valence-electron chi connectivity index (χ0n) is 13.4. The molecule has 0 atom stereocenters. The fourth-order valence-electron chi connectivity index (χ4n) is 2.11. The minimum absolute atomic E-state index is 0.0810. The fourth-order valence-corrected chi connectivity index (χ4v) is 4.00. The second-order valence-corrected chi connectivity index (χ2v) is 8.56. The van der Waals surface area contributed by atoms with Crippen molar-refractivity contribution < 1.29 is 21.6 Å². The topological polar surface area (TPSA) is 102 Å². The summed E-state index contributed by atoms with van der Waals surface area (Å²) >= 11 is 0. The van der Waals surface area contributed by atoms with Gasteiger partial charge in [-0.3, -0.25) is 9.44 Å². The Morgan fingerprint density at radius 2 is 1.50 bits per heavy atom. The maximum Gasteiger partial charge on any atom is 0.262 e. The van der Waals surface area contributed by atoms with Crippen LogP contribution in [0, 0.1) is 6.92 Å². The first-order valence-electron chi connectivity index (χ1n) is 6.87. The first-order chi connectivity index (χ1) is 11.1. The molecule has 24 heavy (non-hydrogen) atoms. The lowest BCUT2D eigenvalue weighted by molar-refractivity contribution is 0.414. The summed E-state index contributed by atoms with van der Waals surface area (Å²) < 4.78 is 57.8. The monoisotopic (exact) mass is 370 g/mol. The lowest BCUT2D eigenvalue weighted by Gasteiger charge is -2.14. The number of hydrogen-bond acceptors (Lipinski definition) is 5. The first-order valence-corrected chi connectivity index (χ1v) is 10.2. The predicted octanol–water partition coefficient (Wildman–Crippen LogP) is 2.18. The summed E-state index contributed by atoms with van der Waals surface area (Å²) in [6.45, 7) is 1.65. The number of ether oxygens (including phenoxy) is 1. The van der Waals surface area contributed by atoms with E-state index < -0.39 is 20.0 Å². The second-order valence-electron chi connectivity index (χ2n) is 5.16. The van der Waals surface area contributed by atoms with Crippen molar-refractivity contribution in [1.29, 1.82) is 0 Å². The van der Waals surface area contributed by atoms with Crippen LogP contribution in [0.4, 0.5) is 11.4 Å². The first kappa shape index (κ1) is 18.1. The maximum absolute atomic E-state index is 12.6. The number of sulfonamides is 2. The summed E-state index contributed by atoms with van der Waals surface area (Å²) in [5.41, 5.74) is 0.795. The van der Waals surface area contributed by atoms with Crippen molar-refractivity contribution >= 4 is 31.4 Å². The normalized spacial score (nSPS) is 11.8. The van der Waals surface area contributed by atoms with Gasteiger partial charge in [0, 0.05) is 0 Å². The molecule has 2 aromatic rings. The molecule has 0 aliphatic carbocycles. The molecule has 0 heterocycles. The van der Waals surface area contributed by atoms with Crippen LogP contribution in [-0.2, 0) is 20.0 Å². The van der Waals surface area contributed by atoms with E-state index in [1.54, 1.807) is 31.2 Å². The number of rotatable bonds is 6. The molecule has 130 valence electrons. The molecule has 9 heteroatoms. The molecule has 2 aromatic carbocycles. The van der Waals surface area contributed by atoms with E-state index in [1.165, 1.54) is 25.3 Å². The summed E-state index contributed by atoms with van der Waals surface area (Å²) in [6.07, 6.45) is 0.992. The van der Waals surface area contributed by atoms with Gasteiger partial charge < -0.3 is 4.74 Å². The lowest BCUT2D eigenvalue weighted by Crippen LogP contribution is -2.17. The van der Waals surface area contributed by atoms with Gasteiger partial charge in [-0.1, -0.05) is 12.1 Å². The van der Waals surface area contributed by atoms with Crippen LogP contribution in [0.2, 0.25) is 0 Å². The highest BCUT2D eigenvalue weighted by Gasteiger charge is 2.19. The molecule has 2 rings (SSSR count). The van der Waals surface area contributed by atoms with Crippen molar-refractivity contribution in [2.75, 3.05) is 22.8 Å². The van der Waals surface area contributed by atoms with Crippen LogP contribution in [0.5, 0.6) is 5.75 Å². The standard InChI is InChI=1S/C15H18N2O5S2/c1-11-10-12(22-2)8-9-15(11)24(20,21)17-14-7-5-4-6-13(14)16-23(3,18)19/h4-10,16-17H,1-3H3. The van der Waals surface area contributed by atoms with Crippen molar-refractivity contribution in [3.05, 3.63) is 48.0 Å². The van der Waals surface area contributed by atoms with Crippen molar-refractivity contribution in [2.24, 2.45) is 0 Å². The van der Waals surface area contributed by atoms with Gasteiger partial charge in [0.05, 0.1) is 29.6 Å². The molecule has 2 N–H and O–H groups in total. The SMILES string of the molecule is COc1ccc(S(=O)(=O)Nc2ccccc2NS(C)(=O)=O)c(C)c1. The Morgan fingerprint density at radius 3 is 2.00 bits per heavy atom. The van der Waals surface area contributed by atoms with E-state index in [2.05, 4.69) is 9.44 Å². The Bertz CT molecular complexity index is 954. The van der Waals surface area contributed by atoms with E-state index in [-0.39, 0.29) is 16.3 Å². The van der Waals surface area contributed by atoms with Gasteiger partial charge in [0.15, 0.2) is 0 Å². The number of benzene rings is 2. The Kier molecular flexibility index (Phi) is 5.05. The van der Waals surface area contributed by atoms with Gasteiger partial charge in [0.1, 0.15) is 5.75 Å². The third kappa shape index (κ3) is 4.39. The van der Waals surface area contributed by atoms with E-state index in [0.29, 0.717) is 11.3 Å². The van der Waals surface area contributed by atoms with Gasteiger partial charge in [0.2, 0.25) is 10.0 Å². The van der Waals surface area contributed by atoms with E-state index in [0.717, 1.165) is 6.26 Å². The Morgan fingerprint density at radius 1 is 0.917 bits per heavy atom. The van der Waals surface area contributed by atoms with Crippen LogP contribution in [-0.4, -0.2) is 30.2 Å². The highest BCUT2D eigenvalue weighted by molar-refractivity contribution is 7.93. The van der Waals surface area contributed by atoms with Gasteiger partial charge in [-0.05, 0) is 42.8 Å². The van der Waals surface area contributed by atoms with Gasteiger partial charge in [0.25, 0.3) is 10.0 Å². The number of anilines is 2. The zero-order valence-corrected chi connectivity index (χ0v) is 15.0. The number of hydrogen-bond donors (Lipinski definition) is 2. The summed E-state index contributed by atoms with van der Waals surface area (Å²) in [5.74, 6) is 0.547. The molecule has 0 aromatic heterocycles. The number of methoxy groups -OCH3 is 1. The second kappa shape index (κ2) is 6.70. The molecular weight excluding hydrogens is 352 g/mol. The van der Waals surface area contributed by atoms with Gasteiger partial charge in [-0.2, -0.15) is 0 Å². The minimum atomic E-state index is -3.89. The smallest absolute Gasteiger partial charge is 0.262 e. The van der Waals surface area contributed by atoms with Crippen LogP contribution in [0.15, 0.2) is 47.4 Å². The minimum Gasteiger partial charge on any atom is -0.497 e. The summed E-state index contributed by atoms with van der Waals surface area (Å²) in [6, 6.07) is 10.7. The van der Waals surface area contributed by atoms with E-state index in [1.807, 2.05) is 0 Å². The van der Waals surface area contributed by atoms with Gasteiger partial charge >= 0.3 is 0 Å². The maximum atomic E-state index is 12.6. The Hall–Kier alpha value is -2.26. The van der Waals surface area contributed by atoms with Crippen LogP contribution in [0.1, 0.15) is 5.56 Å². The van der Waals surface area contributed by atoms with E-state index in [9.17, 15) is 16.8 Å². The molecular formula is C15H18N2O5S2. The molecule has 0 saturated carbocycles. The summed E-state index contributed by atoms with van der Waals surface area (Å²) in [5, 5.41) is 0. The molecule has 0 radical (unpaired) electrons. The third-order valence-electron chi connectivity index (χ3n) is 3.14. The Labute approximate surface area is 141 Å². The number of nitrogens with one attached hydrogen (secondary N) is 2. The zero-order chi connectivity index (χ0) is 18.0. The summed E-state index contributed by atoms with van der Waals surface area (Å²) in [7, 11) is -5.93. The molecule has 0 bridgehead atoms. The number of para-hydroxylation sites is 2. The molecule has 0 saturated heterocycles. The molecule has 0 amide bonds. The predicted molar refractivity (Wildman–Crippen MR) is 93.4 cm³/mol. The van der Waals surface area contributed by atoms with Crippen LogP contribution in [0.3, 0.4) is 0 Å². The van der Waals surface area contributed by atoms with Crippen LogP contribution >= 0.6 is 0 Å². The Balaban J connectivity index is 2.40. The fraction of sp³-hybridized carbons (Fsp3) is 0.200. The molecule has 0 unspecified atom stereocenters. The largest absolute Gasteiger partial charge is 0.497 e.